The molecule has 0 aromatic heterocycles. The molecule has 14 heteroatoms. The number of rotatable bonds is 11. The SMILES string of the molecule is CN1Cc2c(Cl)cc(Cl)cc2C(c2ccc(S(=O)(=O)NCCCCNS(=O)(=O)c3ccc(C4CN(C)Cc5c(Cl)cc(Cl)cc54)cc3)cc2)C1. The average Bonchev–Trinajstić information content (AvgIpc) is 3.06. The van der Waals surface area contributed by atoms with Crippen molar-refractivity contribution in [2.75, 3.05) is 40.3 Å². The average molecular weight is 797 g/mol. The molecule has 8 nitrogen and oxygen atoms in total. The van der Waals surface area contributed by atoms with E-state index < -0.39 is 20.0 Å². The van der Waals surface area contributed by atoms with Crippen molar-refractivity contribution in [2.45, 2.75) is 47.6 Å². The Kier molecular flexibility index (Phi) is 11.6. The van der Waals surface area contributed by atoms with E-state index in [4.69, 9.17) is 46.4 Å². The molecular weight excluding hydrogens is 758 g/mol. The number of sulfonamides is 2. The molecule has 0 fully saturated rings. The Morgan fingerprint density at radius 2 is 0.960 bits per heavy atom. The zero-order valence-electron chi connectivity index (χ0n) is 27.6. The largest absolute Gasteiger partial charge is 0.301 e. The summed E-state index contributed by atoms with van der Waals surface area (Å²) in [7, 11) is -3.45. The van der Waals surface area contributed by atoms with Crippen LogP contribution in [0.5, 0.6) is 0 Å². The molecule has 0 saturated carbocycles. The van der Waals surface area contributed by atoms with E-state index in [1.54, 1.807) is 36.4 Å². The van der Waals surface area contributed by atoms with Crippen LogP contribution in [0.15, 0.2) is 82.6 Å². The van der Waals surface area contributed by atoms with Gasteiger partial charge in [-0.25, -0.2) is 26.3 Å². The topological polar surface area (TPSA) is 98.8 Å². The highest BCUT2D eigenvalue weighted by molar-refractivity contribution is 7.89. The van der Waals surface area contributed by atoms with Crippen LogP contribution in [0.3, 0.4) is 0 Å². The first-order chi connectivity index (χ1) is 23.7. The third kappa shape index (κ3) is 8.36. The molecule has 2 unspecified atom stereocenters. The fourth-order valence-corrected chi connectivity index (χ4v) is 10.1. The monoisotopic (exact) mass is 794 g/mol. The predicted octanol–water partition coefficient (Wildman–Crippen LogP) is 7.49. The molecule has 2 atom stereocenters. The number of likely N-dealkylation sites (N-methyl/N-ethyl adjacent to an activating group) is 2. The van der Waals surface area contributed by atoms with Crippen molar-refractivity contribution in [1.82, 2.24) is 19.2 Å². The lowest BCUT2D eigenvalue weighted by molar-refractivity contribution is 0.295. The fourth-order valence-electron chi connectivity index (χ4n) is 6.85. The maximum Gasteiger partial charge on any atom is 0.240 e. The summed E-state index contributed by atoms with van der Waals surface area (Å²) in [4.78, 5) is 4.68. The van der Waals surface area contributed by atoms with E-state index in [-0.39, 0.29) is 34.7 Å². The fraction of sp³-hybridized carbons (Fsp3) is 0.333. The number of nitrogens with zero attached hydrogens (tertiary/aromatic N) is 2. The molecule has 266 valence electrons. The van der Waals surface area contributed by atoms with Crippen molar-refractivity contribution in [1.29, 1.82) is 0 Å². The van der Waals surface area contributed by atoms with Crippen molar-refractivity contribution in [2.24, 2.45) is 0 Å². The van der Waals surface area contributed by atoms with Gasteiger partial charge in [0, 0.05) is 71.2 Å². The lowest BCUT2D eigenvalue weighted by Gasteiger charge is -2.33. The summed E-state index contributed by atoms with van der Waals surface area (Å²) in [5.41, 5.74) is 6.10. The first-order valence-electron chi connectivity index (χ1n) is 16.2. The van der Waals surface area contributed by atoms with Gasteiger partial charge in [-0.05, 0) is 109 Å². The minimum Gasteiger partial charge on any atom is -0.301 e. The quantitative estimate of drug-likeness (QED) is 0.153. The van der Waals surface area contributed by atoms with Gasteiger partial charge >= 0.3 is 0 Å². The molecule has 0 amide bonds. The summed E-state index contributed by atoms with van der Waals surface area (Å²) in [6.07, 6.45) is 0.899. The van der Waals surface area contributed by atoms with E-state index in [2.05, 4.69) is 19.2 Å². The second-order valence-corrected chi connectivity index (χ2v) is 18.3. The van der Waals surface area contributed by atoms with Gasteiger partial charge in [-0.3, -0.25) is 0 Å². The van der Waals surface area contributed by atoms with Crippen LogP contribution in [0, 0.1) is 0 Å². The molecule has 0 bridgehead atoms. The summed E-state index contributed by atoms with van der Waals surface area (Å²) in [6.45, 7) is 3.28. The van der Waals surface area contributed by atoms with Crippen LogP contribution >= 0.6 is 46.4 Å². The Balaban J connectivity index is 1.00. The van der Waals surface area contributed by atoms with Gasteiger partial charge < -0.3 is 9.80 Å². The minimum atomic E-state index is -3.75. The Labute approximate surface area is 314 Å². The Morgan fingerprint density at radius 3 is 1.32 bits per heavy atom. The number of hydrogen-bond donors (Lipinski definition) is 2. The lowest BCUT2D eigenvalue weighted by Crippen LogP contribution is -2.31. The summed E-state index contributed by atoms with van der Waals surface area (Å²) in [5.74, 6) is 0.00374. The number of benzene rings is 4. The van der Waals surface area contributed by atoms with Crippen molar-refractivity contribution in [3.63, 3.8) is 0 Å². The molecule has 2 aliphatic rings. The van der Waals surface area contributed by atoms with E-state index in [0.29, 0.717) is 46.0 Å². The Hall–Kier alpha value is -2.22. The second kappa shape index (κ2) is 15.4. The van der Waals surface area contributed by atoms with Gasteiger partial charge in [-0.15, -0.1) is 0 Å². The van der Waals surface area contributed by atoms with Crippen LogP contribution in [0.2, 0.25) is 20.1 Å². The number of hydrogen-bond acceptors (Lipinski definition) is 6. The standard InChI is InChI=1S/C36H38Cl4N4O4S2/c1-43-19-31(29-15-25(37)17-35(39)33(29)21-43)23-5-9-27(10-6-23)49(45,46)41-13-3-4-14-42-50(47,48)28-11-7-24(8-12-28)32-20-44(2)22-34-30(32)16-26(38)18-36(34)40/h5-12,15-18,31-32,41-42H,3-4,13-14,19-22H2,1-2H3. The van der Waals surface area contributed by atoms with Crippen molar-refractivity contribution >= 4 is 66.5 Å². The summed E-state index contributed by atoms with van der Waals surface area (Å²) in [5, 5.41) is 2.39. The maximum atomic E-state index is 13.0. The zero-order chi connectivity index (χ0) is 35.8. The van der Waals surface area contributed by atoms with Gasteiger partial charge in [0.15, 0.2) is 0 Å². The summed E-state index contributed by atoms with van der Waals surface area (Å²) < 4.78 is 57.3. The molecule has 0 aliphatic carbocycles. The van der Waals surface area contributed by atoms with Crippen LogP contribution in [0.4, 0.5) is 0 Å². The molecule has 4 aromatic carbocycles. The van der Waals surface area contributed by atoms with Crippen LogP contribution in [0.1, 0.15) is 58.1 Å². The van der Waals surface area contributed by atoms with Crippen LogP contribution in [-0.4, -0.2) is 66.9 Å². The van der Waals surface area contributed by atoms with Gasteiger partial charge in [0.25, 0.3) is 0 Å². The Morgan fingerprint density at radius 1 is 0.600 bits per heavy atom. The molecular formula is C36H38Cl4N4O4S2. The molecule has 6 rings (SSSR count). The molecule has 2 aliphatic heterocycles. The predicted molar refractivity (Wildman–Crippen MR) is 202 cm³/mol. The van der Waals surface area contributed by atoms with E-state index in [9.17, 15) is 16.8 Å². The van der Waals surface area contributed by atoms with Crippen LogP contribution in [-0.2, 0) is 33.1 Å². The van der Waals surface area contributed by atoms with Crippen LogP contribution < -0.4 is 9.44 Å². The number of unbranched alkanes of at least 4 members (excludes halogenated alkanes) is 1. The lowest BCUT2D eigenvalue weighted by atomic mass is 9.85. The van der Waals surface area contributed by atoms with E-state index in [0.717, 1.165) is 46.5 Å². The number of fused-ring (bicyclic) bond motifs is 2. The molecule has 0 radical (unpaired) electrons. The molecule has 50 heavy (non-hydrogen) atoms. The van der Waals surface area contributed by atoms with E-state index in [1.807, 2.05) is 50.5 Å². The molecule has 4 aromatic rings. The summed E-state index contributed by atoms with van der Waals surface area (Å²) in [6, 6.07) is 21.1. The molecule has 2 N–H and O–H groups in total. The van der Waals surface area contributed by atoms with Gasteiger partial charge in [-0.2, -0.15) is 0 Å². The highest BCUT2D eigenvalue weighted by Crippen LogP contribution is 2.40. The smallest absolute Gasteiger partial charge is 0.240 e. The van der Waals surface area contributed by atoms with Crippen molar-refractivity contribution in [3.05, 3.63) is 126 Å². The third-order valence-electron chi connectivity index (χ3n) is 9.36. The van der Waals surface area contributed by atoms with Gasteiger partial charge in [0.05, 0.1) is 9.79 Å². The van der Waals surface area contributed by atoms with Crippen LogP contribution in [0.25, 0.3) is 0 Å². The van der Waals surface area contributed by atoms with Crippen molar-refractivity contribution < 1.29 is 16.8 Å². The summed E-state index contributed by atoms with van der Waals surface area (Å²) >= 11 is 25.6. The first kappa shape index (κ1) is 37.5. The first-order valence-corrected chi connectivity index (χ1v) is 20.7. The minimum absolute atomic E-state index is 0.00187. The zero-order valence-corrected chi connectivity index (χ0v) is 32.3. The number of nitrogens with one attached hydrogen (secondary N) is 2. The Bertz CT molecular complexity index is 1950. The van der Waals surface area contributed by atoms with Gasteiger partial charge in [0.2, 0.25) is 20.0 Å². The third-order valence-corrected chi connectivity index (χ3v) is 13.4. The number of halogens is 4. The molecule has 0 spiro atoms. The normalized spacial score (nSPS) is 18.5. The van der Waals surface area contributed by atoms with E-state index in [1.165, 1.54) is 0 Å². The molecule has 2 heterocycles. The van der Waals surface area contributed by atoms with E-state index >= 15 is 0 Å². The highest BCUT2D eigenvalue weighted by Gasteiger charge is 2.29. The van der Waals surface area contributed by atoms with Gasteiger partial charge in [-0.1, -0.05) is 70.7 Å². The van der Waals surface area contributed by atoms with Gasteiger partial charge in [0.1, 0.15) is 0 Å². The maximum absolute atomic E-state index is 13.0. The highest BCUT2D eigenvalue weighted by atomic mass is 35.5. The van der Waals surface area contributed by atoms with Crippen molar-refractivity contribution in [3.8, 4) is 0 Å². The molecule has 0 saturated heterocycles. The second-order valence-electron chi connectivity index (χ2n) is 13.1.